The topological polar surface area (TPSA) is 95.9 Å². The van der Waals surface area contributed by atoms with Crippen LogP contribution in [0.5, 0.6) is 0 Å². The maximum atomic E-state index is 12.6. The number of amides is 1. The number of carboxylic acids is 1. The van der Waals surface area contributed by atoms with Crippen molar-refractivity contribution in [2.75, 3.05) is 25.1 Å². The normalized spacial score (nSPS) is 17.4. The van der Waals surface area contributed by atoms with Gasteiger partial charge in [-0.2, -0.15) is 0 Å². The van der Waals surface area contributed by atoms with Gasteiger partial charge in [0.25, 0.3) is 0 Å². The molecule has 1 amide bonds. The van der Waals surface area contributed by atoms with E-state index < -0.39 is 12.1 Å². The van der Waals surface area contributed by atoms with Gasteiger partial charge in [0.1, 0.15) is 5.03 Å². The van der Waals surface area contributed by atoms with Crippen molar-refractivity contribution in [3.63, 3.8) is 0 Å². The number of carboxylic acid groups (broad SMARTS) is 1. The Labute approximate surface area is 192 Å². The van der Waals surface area contributed by atoms with Crippen LogP contribution < -0.4 is 4.90 Å². The molecule has 1 fully saturated rings. The first-order valence-corrected chi connectivity index (χ1v) is 11.7. The van der Waals surface area contributed by atoms with Crippen LogP contribution >= 0.6 is 11.8 Å². The number of rotatable bonds is 6. The number of hydrogen-bond acceptors (Lipinski definition) is 7. The lowest BCUT2D eigenvalue weighted by Gasteiger charge is -2.33. The predicted molar refractivity (Wildman–Crippen MR) is 121 cm³/mol. The first-order chi connectivity index (χ1) is 15.5. The Morgan fingerprint density at radius 2 is 2.00 bits per heavy atom. The van der Waals surface area contributed by atoms with E-state index in [4.69, 9.17) is 9.84 Å². The summed E-state index contributed by atoms with van der Waals surface area (Å²) in [6.45, 7) is 4.58. The summed E-state index contributed by atoms with van der Waals surface area (Å²) in [5, 5.41) is 9.75. The van der Waals surface area contributed by atoms with Gasteiger partial charge in [0, 0.05) is 23.8 Å². The van der Waals surface area contributed by atoms with Gasteiger partial charge in [-0.3, -0.25) is 9.69 Å². The van der Waals surface area contributed by atoms with Crippen LogP contribution in [0, 0.1) is 11.8 Å². The van der Waals surface area contributed by atoms with E-state index >= 15 is 0 Å². The third-order valence-electron chi connectivity index (χ3n) is 6.23. The van der Waals surface area contributed by atoms with Crippen LogP contribution in [0.1, 0.15) is 38.2 Å². The molecule has 1 N–H and O–H groups in total. The van der Waals surface area contributed by atoms with Crippen molar-refractivity contribution in [3.05, 3.63) is 36.2 Å². The van der Waals surface area contributed by atoms with E-state index in [1.54, 1.807) is 19.3 Å². The molecule has 0 radical (unpaired) electrons. The molecule has 4 rings (SSSR count). The molecule has 170 valence electrons. The highest BCUT2D eigenvalue weighted by molar-refractivity contribution is 7.99. The zero-order chi connectivity index (χ0) is 22.7. The fraction of sp³-hybridized carbons (Fsp3) is 0.478. The number of aliphatic carboxylic acids is 1. The maximum absolute atomic E-state index is 12.6. The number of aromatic nitrogens is 2. The highest BCUT2D eigenvalue weighted by atomic mass is 32.2. The Bertz CT molecular complexity index is 994. The Balaban J connectivity index is 1.42. The van der Waals surface area contributed by atoms with E-state index in [-0.39, 0.29) is 5.92 Å². The average molecular weight is 457 g/mol. The van der Waals surface area contributed by atoms with Crippen LogP contribution in [0.3, 0.4) is 0 Å². The number of nitrogens with zero attached hydrogens (tertiary/aromatic N) is 4. The van der Waals surface area contributed by atoms with E-state index in [9.17, 15) is 9.59 Å². The van der Waals surface area contributed by atoms with E-state index in [0.29, 0.717) is 16.8 Å². The zero-order valence-electron chi connectivity index (χ0n) is 18.4. The molecule has 9 heteroatoms. The first-order valence-electron chi connectivity index (χ1n) is 10.9. The molecule has 2 aromatic rings. The van der Waals surface area contributed by atoms with Crippen molar-refractivity contribution >= 4 is 35.3 Å². The lowest BCUT2D eigenvalue weighted by molar-refractivity contribution is -0.141. The summed E-state index contributed by atoms with van der Waals surface area (Å²) in [6, 6.07) is 6.17. The highest BCUT2D eigenvalue weighted by Gasteiger charge is 2.31. The summed E-state index contributed by atoms with van der Waals surface area (Å²) in [4.78, 5) is 37.2. The molecule has 2 aliphatic rings. The van der Waals surface area contributed by atoms with Crippen LogP contribution in [-0.2, 0) is 16.1 Å². The molecular weight excluding hydrogens is 428 g/mol. The summed E-state index contributed by atoms with van der Waals surface area (Å²) in [6.07, 6.45) is 6.61. The number of likely N-dealkylation sites (tertiary alicyclic amines) is 1. The molecule has 0 spiro atoms. The van der Waals surface area contributed by atoms with E-state index in [2.05, 4.69) is 20.9 Å². The van der Waals surface area contributed by atoms with Crippen molar-refractivity contribution in [1.82, 2.24) is 14.9 Å². The number of ether oxygens (including phenoxy) is 1. The van der Waals surface area contributed by atoms with Gasteiger partial charge in [0.05, 0.1) is 18.7 Å². The number of anilines is 2. The maximum Gasteiger partial charge on any atom is 0.420 e. The molecule has 1 aromatic heterocycles. The number of carbonyl (C=O) groups is 2. The largest absolute Gasteiger partial charge is 0.481 e. The first kappa shape index (κ1) is 22.5. The van der Waals surface area contributed by atoms with Crippen molar-refractivity contribution < 1.29 is 19.4 Å². The number of hydrogen-bond donors (Lipinski definition) is 1. The van der Waals surface area contributed by atoms with Crippen LogP contribution in [0.25, 0.3) is 0 Å². The van der Waals surface area contributed by atoms with Crippen LogP contribution in [-0.4, -0.2) is 52.2 Å². The zero-order valence-corrected chi connectivity index (χ0v) is 19.2. The summed E-state index contributed by atoms with van der Waals surface area (Å²) >= 11 is 1.50. The second kappa shape index (κ2) is 9.87. The van der Waals surface area contributed by atoms with E-state index in [1.807, 2.05) is 12.1 Å². The lowest BCUT2D eigenvalue weighted by atomic mass is 9.89. The molecule has 3 heterocycles. The molecule has 0 saturated carbocycles. The second-order valence-corrected chi connectivity index (χ2v) is 9.46. The number of carbonyl (C=O) groups excluding carboxylic acids is 1. The monoisotopic (exact) mass is 456 g/mol. The summed E-state index contributed by atoms with van der Waals surface area (Å²) in [5.74, 6) is 0.111. The summed E-state index contributed by atoms with van der Waals surface area (Å²) in [7, 11) is 1.37. The standard InChI is InChI=1S/C23H28N4O4S/c1-15(22(28)29)3-4-16-7-11-26(12-8-16)14-17-5-6-19-18(13-17)27(23(30)31-2)20-21(32-19)25-10-9-24-20/h5-6,9-10,13,15-16H,3-4,7-8,11-12,14H2,1-2H3,(H,28,29). The highest BCUT2D eigenvalue weighted by Crippen LogP contribution is 2.46. The average Bonchev–Trinajstić information content (AvgIpc) is 2.81. The van der Waals surface area contributed by atoms with Crippen molar-refractivity contribution in [3.8, 4) is 0 Å². The Kier molecular flexibility index (Phi) is 6.95. The molecule has 1 atom stereocenters. The minimum absolute atomic E-state index is 0.269. The van der Waals surface area contributed by atoms with Crippen LogP contribution in [0.15, 0.2) is 40.5 Å². The number of methoxy groups -OCH3 is 1. The minimum atomic E-state index is -0.706. The molecule has 1 unspecified atom stereocenters. The van der Waals surface area contributed by atoms with Gasteiger partial charge in [-0.15, -0.1) is 0 Å². The van der Waals surface area contributed by atoms with Crippen molar-refractivity contribution in [1.29, 1.82) is 0 Å². The molecule has 32 heavy (non-hydrogen) atoms. The van der Waals surface area contributed by atoms with Crippen LogP contribution in [0.4, 0.5) is 16.3 Å². The van der Waals surface area contributed by atoms with Crippen molar-refractivity contribution in [2.45, 2.75) is 49.1 Å². The molecule has 1 saturated heterocycles. The van der Waals surface area contributed by atoms with Crippen molar-refractivity contribution in [2.24, 2.45) is 11.8 Å². The van der Waals surface area contributed by atoms with Gasteiger partial charge in [0.15, 0.2) is 5.82 Å². The van der Waals surface area contributed by atoms with Gasteiger partial charge in [-0.05, 0) is 62.4 Å². The fourth-order valence-corrected chi connectivity index (χ4v) is 5.21. The number of benzene rings is 1. The molecule has 2 aliphatic heterocycles. The Morgan fingerprint density at radius 3 is 2.72 bits per heavy atom. The fourth-order valence-electron chi connectivity index (χ4n) is 4.26. The molecule has 0 aliphatic carbocycles. The number of fused-ring (bicyclic) bond motifs is 2. The smallest absolute Gasteiger partial charge is 0.420 e. The molecule has 8 nitrogen and oxygen atoms in total. The summed E-state index contributed by atoms with van der Waals surface area (Å²) < 4.78 is 5.02. The predicted octanol–water partition coefficient (Wildman–Crippen LogP) is 4.56. The van der Waals surface area contributed by atoms with Gasteiger partial charge in [0.2, 0.25) is 0 Å². The van der Waals surface area contributed by atoms with Gasteiger partial charge in [-0.25, -0.2) is 19.7 Å². The van der Waals surface area contributed by atoms with Gasteiger partial charge in [-0.1, -0.05) is 24.8 Å². The van der Waals surface area contributed by atoms with Gasteiger partial charge >= 0.3 is 12.1 Å². The van der Waals surface area contributed by atoms with E-state index in [0.717, 1.165) is 61.5 Å². The molecule has 0 bridgehead atoms. The third-order valence-corrected chi connectivity index (χ3v) is 7.28. The summed E-state index contributed by atoms with van der Waals surface area (Å²) in [5.41, 5.74) is 1.90. The third kappa shape index (κ3) is 4.88. The quantitative estimate of drug-likeness (QED) is 0.676. The Morgan fingerprint density at radius 1 is 1.25 bits per heavy atom. The van der Waals surface area contributed by atoms with Crippen LogP contribution in [0.2, 0.25) is 0 Å². The van der Waals surface area contributed by atoms with Gasteiger partial charge < -0.3 is 9.84 Å². The lowest BCUT2D eigenvalue weighted by Crippen LogP contribution is -2.33. The molecule has 1 aromatic carbocycles. The SMILES string of the molecule is COC(=O)N1c2cc(CN3CCC(CCC(C)C(=O)O)CC3)ccc2Sc2nccnc21. The Hall–Kier alpha value is -2.65. The molecular formula is C23H28N4O4S. The number of piperidine rings is 1. The van der Waals surface area contributed by atoms with E-state index in [1.165, 1.54) is 23.8 Å². The second-order valence-electron chi connectivity index (χ2n) is 8.43. The minimum Gasteiger partial charge on any atom is -0.481 e.